The summed E-state index contributed by atoms with van der Waals surface area (Å²) in [6, 6.07) is 0. The second-order valence-corrected chi connectivity index (χ2v) is 1.61. The molecular weight excluding hydrogens is 102 g/mol. The van der Waals surface area contributed by atoms with E-state index in [4.69, 9.17) is 10.8 Å². The third kappa shape index (κ3) is 2.42. The van der Waals surface area contributed by atoms with E-state index in [2.05, 4.69) is 6.58 Å². The maximum atomic E-state index is 8.75. The van der Waals surface area contributed by atoms with Crippen molar-refractivity contribution >= 4 is 0 Å². The van der Waals surface area contributed by atoms with Gasteiger partial charge in [0.25, 0.3) is 0 Å². The van der Waals surface area contributed by atoms with Crippen molar-refractivity contribution in [2.24, 2.45) is 5.73 Å². The van der Waals surface area contributed by atoms with Crippen molar-refractivity contribution in [3.8, 4) is 0 Å². The molecule has 0 saturated carbocycles. The van der Waals surface area contributed by atoms with Crippen molar-refractivity contribution in [3.05, 3.63) is 24.4 Å². The fraction of sp³-hybridized carbons (Fsp3) is 0.333. The average Bonchev–Trinajstić information content (AvgIpc) is 1.67. The molecule has 8 heavy (non-hydrogen) atoms. The highest BCUT2D eigenvalue weighted by atomic mass is 16.3. The van der Waals surface area contributed by atoms with Gasteiger partial charge in [-0.3, -0.25) is 0 Å². The number of hydrogen-bond acceptors (Lipinski definition) is 2. The van der Waals surface area contributed by atoms with Crippen LogP contribution in [0.1, 0.15) is 6.92 Å². The molecule has 0 unspecified atom stereocenters. The SMILES string of the molecule is C=C(/C=C\N)[C@H](C)O. The van der Waals surface area contributed by atoms with Gasteiger partial charge in [-0.25, -0.2) is 0 Å². The minimum absolute atomic E-state index is 0.491. The molecule has 0 fully saturated rings. The van der Waals surface area contributed by atoms with Gasteiger partial charge in [-0.05, 0) is 24.8 Å². The van der Waals surface area contributed by atoms with E-state index in [9.17, 15) is 0 Å². The summed E-state index contributed by atoms with van der Waals surface area (Å²) in [5, 5.41) is 8.75. The van der Waals surface area contributed by atoms with Crippen LogP contribution in [-0.4, -0.2) is 11.2 Å². The third-order valence-corrected chi connectivity index (χ3v) is 0.847. The lowest BCUT2D eigenvalue weighted by molar-refractivity contribution is 0.236. The van der Waals surface area contributed by atoms with Gasteiger partial charge in [0.1, 0.15) is 0 Å². The maximum absolute atomic E-state index is 8.75. The molecule has 0 spiro atoms. The first-order valence-electron chi connectivity index (χ1n) is 2.43. The Labute approximate surface area is 49.3 Å². The van der Waals surface area contributed by atoms with Crippen LogP contribution in [0.3, 0.4) is 0 Å². The number of nitrogens with two attached hydrogens (primary N) is 1. The van der Waals surface area contributed by atoms with Crippen LogP contribution in [0, 0.1) is 0 Å². The van der Waals surface area contributed by atoms with Crippen LogP contribution in [0.5, 0.6) is 0 Å². The highest BCUT2D eigenvalue weighted by Crippen LogP contribution is 1.97. The van der Waals surface area contributed by atoms with Gasteiger partial charge in [0.15, 0.2) is 0 Å². The Bertz CT molecular complexity index is 105. The molecule has 2 heteroatoms. The Balaban J connectivity index is 3.66. The standard InChI is InChI=1S/C6H11NO/c1-5(3-4-7)6(2)8/h3-4,6,8H,1,7H2,2H3/b4-3-/t6-/m0/s1. The molecule has 1 atom stereocenters. The zero-order valence-electron chi connectivity index (χ0n) is 4.96. The van der Waals surface area contributed by atoms with Gasteiger partial charge in [-0.1, -0.05) is 6.58 Å². The molecule has 0 aliphatic heterocycles. The van der Waals surface area contributed by atoms with Crippen LogP contribution in [0.25, 0.3) is 0 Å². The van der Waals surface area contributed by atoms with Crippen LogP contribution in [0.15, 0.2) is 24.4 Å². The van der Waals surface area contributed by atoms with Gasteiger partial charge in [-0.15, -0.1) is 0 Å². The van der Waals surface area contributed by atoms with Crippen molar-refractivity contribution in [2.75, 3.05) is 0 Å². The largest absolute Gasteiger partial charge is 0.405 e. The Morgan fingerprint density at radius 1 is 1.88 bits per heavy atom. The van der Waals surface area contributed by atoms with E-state index in [1.54, 1.807) is 13.0 Å². The summed E-state index contributed by atoms with van der Waals surface area (Å²) in [5.74, 6) is 0. The Morgan fingerprint density at radius 2 is 2.38 bits per heavy atom. The topological polar surface area (TPSA) is 46.2 Å². The van der Waals surface area contributed by atoms with E-state index < -0.39 is 6.10 Å². The lowest BCUT2D eigenvalue weighted by Gasteiger charge is -1.99. The monoisotopic (exact) mass is 113 g/mol. The highest BCUT2D eigenvalue weighted by molar-refractivity contribution is 5.16. The Morgan fingerprint density at radius 3 is 2.50 bits per heavy atom. The van der Waals surface area contributed by atoms with E-state index in [1.807, 2.05) is 0 Å². The predicted octanol–water partition coefficient (Wildman–Crippen LogP) is 0.396. The Hall–Kier alpha value is -0.760. The van der Waals surface area contributed by atoms with Crippen molar-refractivity contribution in [2.45, 2.75) is 13.0 Å². The van der Waals surface area contributed by atoms with Gasteiger partial charge in [0.05, 0.1) is 6.10 Å². The molecule has 46 valence electrons. The number of aliphatic hydroxyl groups is 1. The summed E-state index contributed by atoms with van der Waals surface area (Å²) in [4.78, 5) is 0. The molecule has 0 aliphatic rings. The predicted molar refractivity (Wildman–Crippen MR) is 34.1 cm³/mol. The van der Waals surface area contributed by atoms with E-state index >= 15 is 0 Å². The summed E-state index contributed by atoms with van der Waals surface area (Å²) < 4.78 is 0. The minimum Gasteiger partial charge on any atom is -0.405 e. The third-order valence-electron chi connectivity index (χ3n) is 0.847. The van der Waals surface area contributed by atoms with Crippen molar-refractivity contribution in [3.63, 3.8) is 0 Å². The number of hydrogen-bond donors (Lipinski definition) is 2. The fourth-order valence-corrected chi connectivity index (χ4v) is 0.263. The lowest BCUT2D eigenvalue weighted by Crippen LogP contribution is -2.00. The molecule has 0 amide bonds. The van der Waals surface area contributed by atoms with Crippen molar-refractivity contribution in [1.82, 2.24) is 0 Å². The molecule has 0 radical (unpaired) electrons. The molecule has 0 rings (SSSR count). The summed E-state index contributed by atoms with van der Waals surface area (Å²) in [5.41, 5.74) is 5.65. The average molecular weight is 113 g/mol. The maximum Gasteiger partial charge on any atom is 0.0756 e. The summed E-state index contributed by atoms with van der Waals surface area (Å²) >= 11 is 0. The van der Waals surface area contributed by atoms with Gasteiger partial charge in [0.2, 0.25) is 0 Å². The normalized spacial score (nSPS) is 14.2. The number of aliphatic hydroxyl groups excluding tert-OH is 1. The summed E-state index contributed by atoms with van der Waals surface area (Å²) in [7, 11) is 0. The first kappa shape index (κ1) is 7.24. The minimum atomic E-state index is -0.491. The van der Waals surface area contributed by atoms with Crippen LogP contribution >= 0.6 is 0 Å². The van der Waals surface area contributed by atoms with Crippen LogP contribution in [0.2, 0.25) is 0 Å². The molecule has 0 aromatic rings. The van der Waals surface area contributed by atoms with E-state index in [1.165, 1.54) is 6.20 Å². The van der Waals surface area contributed by atoms with Crippen LogP contribution in [-0.2, 0) is 0 Å². The first-order valence-corrected chi connectivity index (χ1v) is 2.43. The van der Waals surface area contributed by atoms with E-state index in [0.29, 0.717) is 5.57 Å². The zero-order chi connectivity index (χ0) is 6.57. The smallest absolute Gasteiger partial charge is 0.0756 e. The molecule has 0 bridgehead atoms. The first-order chi connectivity index (χ1) is 3.68. The summed E-state index contributed by atoms with van der Waals surface area (Å²) in [6.07, 6.45) is 2.44. The van der Waals surface area contributed by atoms with Gasteiger partial charge >= 0.3 is 0 Å². The highest BCUT2D eigenvalue weighted by Gasteiger charge is 1.93. The molecule has 0 aromatic heterocycles. The molecule has 0 heterocycles. The van der Waals surface area contributed by atoms with Gasteiger partial charge < -0.3 is 10.8 Å². The molecule has 2 nitrogen and oxygen atoms in total. The lowest BCUT2D eigenvalue weighted by atomic mass is 10.2. The van der Waals surface area contributed by atoms with E-state index in [0.717, 1.165) is 0 Å². The molecule has 0 aromatic carbocycles. The zero-order valence-corrected chi connectivity index (χ0v) is 4.96. The van der Waals surface area contributed by atoms with Crippen molar-refractivity contribution in [1.29, 1.82) is 0 Å². The van der Waals surface area contributed by atoms with Gasteiger partial charge in [-0.2, -0.15) is 0 Å². The molecule has 3 N–H and O–H groups in total. The van der Waals surface area contributed by atoms with Crippen LogP contribution in [0.4, 0.5) is 0 Å². The second kappa shape index (κ2) is 3.27. The Kier molecular flexibility index (Phi) is 2.96. The fourth-order valence-electron chi connectivity index (χ4n) is 0.263. The number of rotatable bonds is 2. The molecule has 0 saturated heterocycles. The second-order valence-electron chi connectivity index (χ2n) is 1.61. The molecule has 0 aliphatic carbocycles. The molecular formula is C6H11NO. The van der Waals surface area contributed by atoms with Crippen molar-refractivity contribution < 1.29 is 5.11 Å². The van der Waals surface area contributed by atoms with Crippen LogP contribution < -0.4 is 5.73 Å². The summed E-state index contributed by atoms with van der Waals surface area (Å²) in [6.45, 7) is 5.17. The van der Waals surface area contributed by atoms with E-state index in [-0.39, 0.29) is 0 Å². The quantitative estimate of drug-likeness (QED) is 0.509. The van der Waals surface area contributed by atoms with Gasteiger partial charge in [0, 0.05) is 0 Å².